The summed E-state index contributed by atoms with van der Waals surface area (Å²) in [6, 6.07) is 15.5. The molecule has 2 aromatic rings. The molecule has 5 heteroatoms. The molecule has 0 bridgehead atoms. The molecule has 0 radical (unpaired) electrons. The average molecular weight is 424 g/mol. The van der Waals surface area contributed by atoms with Crippen molar-refractivity contribution < 1.29 is 4.79 Å². The summed E-state index contributed by atoms with van der Waals surface area (Å²) in [4.78, 5) is 12.9. The van der Waals surface area contributed by atoms with E-state index in [1.807, 2.05) is 30.3 Å². The molecule has 0 heterocycles. The molecule has 0 atom stereocenters. The van der Waals surface area contributed by atoms with E-state index in [0.717, 1.165) is 5.69 Å². The number of nitrogens with zero attached hydrogens (tertiary/aromatic N) is 1. The summed E-state index contributed by atoms with van der Waals surface area (Å²) < 4.78 is 0. The predicted octanol–water partition coefficient (Wildman–Crippen LogP) is 5.98. The number of hydrogen-bond acceptors (Lipinski definition) is 3. The molecular formula is C25H30ClN3O. The molecule has 2 aromatic carbocycles. The Kier molecular flexibility index (Phi) is 5.89. The number of nitrogens with one attached hydrogen (secondary N) is 2. The number of nitriles is 1. The maximum atomic E-state index is 12.9. The predicted molar refractivity (Wildman–Crippen MR) is 123 cm³/mol. The van der Waals surface area contributed by atoms with E-state index in [9.17, 15) is 4.79 Å². The van der Waals surface area contributed by atoms with Crippen molar-refractivity contribution in [1.82, 2.24) is 5.32 Å². The fraction of sp³-hybridized carbons (Fsp3) is 0.440. The van der Waals surface area contributed by atoms with Gasteiger partial charge in [0.25, 0.3) is 5.91 Å². The van der Waals surface area contributed by atoms with Gasteiger partial charge in [-0.2, -0.15) is 5.26 Å². The van der Waals surface area contributed by atoms with Crippen LogP contribution in [0.5, 0.6) is 0 Å². The first kappa shape index (κ1) is 22.2. The Morgan fingerprint density at radius 1 is 1.03 bits per heavy atom. The molecule has 3 rings (SSSR count). The summed E-state index contributed by atoms with van der Waals surface area (Å²) in [5, 5.41) is 16.3. The minimum absolute atomic E-state index is 0.00799. The highest BCUT2D eigenvalue weighted by Gasteiger charge is 2.62. The molecular weight excluding hydrogens is 394 g/mol. The molecule has 0 aromatic heterocycles. The van der Waals surface area contributed by atoms with Gasteiger partial charge in [0.2, 0.25) is 0 Å². The van der Waals surface area contributed by atoms with Crippen LogP contribution in [0.1, 0.15) is 68.9 Å². The van der Waals surface area contributed by atoms with Crippen LogP contribution in [-0.2, 0) is 0 Å². The van der Waals surface area contributed by atoms with E-state index in [0.29, 0.717) is 22.1 Å². The van der Waals surface area contributed by atoms with Crippen LogP contribution in [0.4, 0.5) is 5.69 Å². The number of benzene rings is 2. The summed E-state index contributed by atoms with van der Waals surface area (Å²) in [6.07, 6.45) is 0. The molecule has 2 N–H and O–H groups in total. The van der Waals surface area contributed by atoms with Crippen LogP contribution in [0.2, 0.25) is 5.02 Å². The first-order chi connectivity index (χ1) is 14.0. The molecule has 1 fully saturated rings. The third kappa shape index (κ3) is 3.91. The summed E-state index contributed by atoms with van der Waals surface area (Å²) >= 11 is 6.19. The molecule has 0 unspecified atom stereocenters. The van der Waals surface area contributed by atoms with E-state index < -0.39 is 0 Å². The number of amides is 1. The van der Waals surface area contributed by atoms with E-state index in [2.05, 4.69) is 58.2 Å². The van der Waals surface area contributed by atoms with E-state index in [1.54, 1.807) is 12.1 Å². The Labute approximate surface area is 184 Å². The van der Waals surface area contributed by atoms with Crippen molar-refractivity contribution in [2.45, 2.75) is 59.5 Å². The van der Waals surface area contributed by atoms with E-state index in [4.69, 9.17) is 16.9 Å². The van der Waals surface area contributed by atoms with Crippen molar-refractivity contribution >= 4 is 23.2 Å². The molecule has 1 amide bonds. The maximum absolute atomic E-state index is 12.9. The highest BCUT2D eigenvalue weighted by Crippen LogP contribution is 2.55. The average Bonchev–Trinajstić information content (AvgIpc) is 2.69. The van der Waals surface area contributed by atoms with Gasteiger partial charge >= 0.3 is 0 Å². The van der Waals surface area contributed by atoms with E-state index in [1.165, 1.54) is 5.56 Å². The first-order valence-electron chi connectivity index (χ1n) is 10.4. The number of carbonyl (C=O) groups excluding carboxylic acids is 1. The van der Waals surface area contributed by atoms with Crippen LogP contribution < -0.4 is 10.6 Å². The van der Waals surface area contributed by atoms with Gasteiger partial charge in [-0.05, 0) is 41.8 Å². The maximum Gasteiger partial charge on any atom is 0.251 e. The highest BCUT2D eigenvalue weighted by molar-refractivity contribution is 6.32. The van der Waals surface area contributed by atoms with E-state index >= 15 is 0 Å². The van der Waals surface area contributed by atoms with Crippen molar-refractivity contribution in [1.29, 1.82) is 5.26 Å². The normalized spacial score (nSPS) is 21.4. The molecule has 0 spiro atoms. The number of halogens is 1. The Balaban J connectivity index is 1.74. The van der Waals surface area contributed by atoms with Crippen molar-refractivity contribution in [2.24, 2.45) is 10.8 Å². The smallest absolute Gasteiger partial charge is 0.251 e. The standard InChI is InChI=1S/C25H30ClN3O/c1-15(2)16-7-9-17(10-8-16)21(30)29-23-24(3,4)22(25(23,5)6)28-19-12-11-18(14-27)20(26)13-19/h7-13,15,22-23,28H,1-6H3,(H,29,30)/t22-,23-. The first-order valence-corrected chi connectivity index (χ1v) is 10.7. The summed E-state index contributed by atoms with van der Waals surface area (Å²) in [6.45, 7) is 12.9. The molecule has 158 valence electrons. The largest absolute Gasteiger partial charge is 0.381 e. The van der Waals surface area contributed by atoms with Gasteiger partial charge in [0.1, 0.15) is 6.07 Å². The number of rotatable bonds is 5. The van der Waals surface area contributed by atoms with E-state index in [-0.39, 0.29) is 28.8 Å². The minimum atomic E-state index is -0.169. The summed E-state index contributed by atoms with van der Waals surface area (Å²) in [5.74, 6) is 0.394. The Bertz CT molecular complexity index is 970. The zero-order valence-corrected chi connectivity index (χ0v) is 19.3. The van der Waals surface area contributed by atoms with Crippen molar-refractivity contribution in [3.8, 4) is 6.07 Å². The van der Waals surface area contributed by atoms with Crippen LogP contribution in [0.3, 0.4) is 0 Å². The van der Waals surface area contributed by atoms with Crippen LogP contribution in [0, 0.1) is 22.2 Å². The van der Waals surface area contributed by atoms with Gasteiger partial charge in [0, 0.05) is 34.2 Å². The Morgan fingerprint density at radius 2 is 1.63 bits per heavy atom. The molecule has 30 heavy (non-hydrogen) atoms. The van der Waals surface area contributed by atoms with Gasteiger partial charge in [-0.15, -0.1) is 0 Å². The molecule has 1 saturated carbocycles. The monoisotopic (exact) mass is 423 g/mol. The lowest BCUT2D eigenvalue weighted by Crippen LogP contribution is -2.75. The fourth-order valence-electron chi connectivity index (χ4n) is 4.99. The van der Waals surface area contributed by atoms with Crippen LogP contribution in [0.15, 0.2) is 42.5 Å². The molecule has 0 aliphatic heterocycles. The minimum Gasteiger partial charge on any atom is -0.381 e. The fourth-order valence-corrected chi connectivity index (χ4v) is 5.22. The van der Waals surface area contributed by atoms with Gasteiger partial charge < -0.3 is 10.6 Å². The lowest BCUT2D eigenvalue weighted by molar-refractivity contribution is -0.0554. The zero-order chi connectivity index (χ0) is 22.3. The quantitative estimate of drug-likeness (QED) is 0.621. The second-order valence-corrected chi connectivity index (χ2v) is 10.1. The van der Waals surface area contributed by atoms with Crippen molar-refractivity contribution in [3.63, 3.8) is 0 Å². The summed E-state index contributed by atoms with van der Waals surface area (Å²) in [5.41, 5.74) is 2.90. The molecule has 4 nitrogen and oxygen atoms in total. The number of carbonyl (C=O) groups is 1. The lowest BCUT2D eigenvalue weighted by Gasteiger charge is -2.64. The van der Waals surface area contributed by atoms with Gasteiger partial charge in [-0.1, -0.05) is 65.3 Å². The third-order valence-corrected chi connectivity index (χ3v) is 6.80. The van der Waals surface area contributed by atoms with Gasteiger partial charge in [0.05, 0.1) is 10.6 Å². The lowest BCUT2D eigenvalue weighted by atomic mass is 9.48. The molecule has 0 saturated heterocycles. The summed E-state index contributed by atoms with van der Waals surface area (Å²) in [7, 11) is 0. The Hall–Kier alpha value is -2.51. The SMILES string of the molecule is CC(C)c1ccc(C(=O)N[C@H]2C(C)(C)[C@H](Nc3ccc(C#N)c(Cl)c3)C2(C)C)cc1. The van der Waals surface area contributed by atoms with Gasteiger partial charge in [0.15, 0.2) is 0 Å². The van der Waals surface area contributed by atoms with Crippen molar-refractivity contribution in [2.75, 3.05) is 5.32 Å². The third-order valence-electron chi connectivity index (χ3n) is 6.49. The second kappa shape index (κ2) is 7.96. The number of hydrogen-bond donors (Lipinski definition) is 2. The number of anilines is 1. The van der Waals surface area contributed by atoms with Crippen molar-refractivity contribution in [3.05, 3.63) is 64.2 Å². The topological polar surface area (TPSA) is 64.9 Å². The highest BCUT2D eigenvalue weighted by atomic mass is 35.5. The van der Waals surface area contributed by atoms with Crippen LogP contribution in [0.25, 0.3) is 0 Å². The zero-order valence-electron chi connectivity index (χ0n) is 18.5. The second-order valence-electron chi connectivity index (χ2n) is 9.71. The van der Waals surface area contributed by atoms with Crippen LogP contribution >= 0.6 is 11.6 Å². The molecule has 1 aliphatic rings. The molecule has 1 aliphatic carbocycles. The van der Waals surface area contributed by atoms with Gasteiger partial charge in [-0.3, -0.25) is 4.79 Å². The van der Waals surface area contributed by atoms with Gasteiger partial charge in [-0.25, -0.2) is 0 Å². The van der Waals surface area contributed by atoms with Crippen LogP contribution in [-0.4, -0.2) is 18.0 Å². The Morgan fingerprint density at radius 3 is 2.13 bits per heavy atom.